The number of rotatable bonds is 5. The third-order valence-corrected chi connectivity index (χ3v) is 4.83. The van der Waals surface area contributed by atoms with E-state index in [1.807, 2.05) is 0 Å². The quantitative estimate of drug-likeness (QED) is 0.777. The minimum atomic E-state index is 0.218. The van der Waals surface area contributed by atoms with Crippen molar-refractivity contribution in [3.05, 3.63) is 0 Å². The van der Waals surface area contributed by atoms with E-state index < -0.39 is 0 Å². The molecule has 0 spiro atoms. The van der Waals surface area contributed by atoms with Crippen molar-refractivity contribution in [2.45, 2.75) is 57.9 Å². The molecule has 0 aliphatic heterocycles. The van der Waals surface area contributed by atoms with E-state index in [9.17, 15) is 5.11 Å². The monoisotopic (exact) mass is 225 g/mol. The third-order valence-electron chi connectivity index (χ3n) is 4.83. The van der Waals surface area contributed by atoms with Crippen LogP contribution in [0, 0.1) is 11.3 Å². The molecule has 0 bridgehead atoms. The Morgan fingerprint density at radius 3 is 2.38 bits per heavy atom. The van der Waals surface area contributed by atoms with Gasteiger partial charge in [-0.25, -0.2) is 0 Å². The van der Waals surface area contributed by atoms with Crippen LogP contribution in [0.4, 0.5) is 0 Å². The molecule has 0 aromatic heterocycles. The molecule has 0 amide bonds. The minimum absolute atomic E-state index is 0.218. The Labute approximate surface area is 100 Å². The van der Waals surface area contributed by atoms with Gasteiger partial charge in [-0.1, -0.05) is 19.3 Å². The summed E-state index contributed by atoms with van der Waals surface area (Å²) in [5, 5.41) is 9.70. The summed E-state index contributed by atoms with van der Waals surface area (Å²) < 4.78 is 0. The molecule has 2 saturated carbocycles. The van der Waals surface area contributed by atoms with E-state index in [0.29, 0.717) is 12.6 Å². The van der Waals surface area contributed by atoms with Crippen molar-refractivity contribution in [3.63, 3.8) is 0 Å². The summed E-state index contributed by atoms with van der Waals surface area (Å²) in [6.45, 7) is 3.83. The molecule has 1 unspecified atom stereocenters. The number of hydrogen-bond acceptors (Lipinski definition) is 2. The predicted molar refractivity (Wildman–Crippen MR) is 67.4 cm³/mol. The first-order valence-electron chi connectivity index (χ1n) is 6.98. The molecule has 2 heteroatoms. The van der Waals surface area contributed by atoms with Crippen LogP contribution in [-0.2, 0) is 0 Å². The Hall–Kier alpha value is -0.0800. The van der Waals surface area contributed by atoms with Crippen molar-refractivity contribution in [2.24, 2.45) is 11.3 Å². The molecule has 94 valence electrons. The van der Waals surface area contributed by atoms with E-state index in [2.05, 4.69) is 18.9 Å². The van der Waals surface area contributed by atoms with Crippen molar-refractivity contribution >= 4 is 0 Å². The van der Waals surface area contributed by atoms with Gasteiger partial charge in [-0.3, -0.25) is 0 Å². The first-order chi connectivity index (χ1) is 7.67. The summed E-state index contributed by atoms with van der Waals surface area (Å²) in [5.41, 5.74) is 0.218. The van der Waals surface area contributed by atoms with Crippen molar-refractivity contribution < 1.29 is 5.11 Å². The van der Waals surface area contributed by atoms with Gasteiger partial charge in [0.05, 0.1) is 0 Å². The lowest BCUT2D eigenvalue weighted by Gasteiger charge is -2.40. The number of aliphatic hydroxyl groups is 1. The zero-order valence-electron chi connectivity index (χ0n) is 10.9. The Morgan fingerprint density at radius 2 is 1.88 bits per heavy atom. The van der Waals surface area contributed by atoms with Crippen LogP contribution in [0.3, 0.4) is 0 Å². The lowest BCUT2D eigenvalue weighted by atomic mass is 9.74. The van der Waals surface area contributed by atoms with E-state index in [4.69, 9.17) is 0 Å². The van der Waals surface area contributed by atoms with E-state index >= 15 is 0 Å². The summed E-state index contributed by atoms with van der Waals surface area (Å²) in [4.78, 5) is 2.50. The summed E-state index contributed by atoms with van der Waals surface area (Å²) in [6.07, 6.45) is 9.27. The average molecular weight is 225 g/mol. The normalized spacial score (nSPS) is 27.0. The first kappa shape index (κ1) is 12.4. The van der Waals surface area contributed by atoms with Gasteiger partial charge >= 0.3 is 0 Å². The van der Waals surface area contributed by atoms with Gasteiger partial charge in [0.2, 0.25) is 0 Å². The molecule has 1 atom stereocenters. The summed E-state index contributed by atoms with van der Waals surface area (Å²) in [6, 6.07) is 0.713. The van der Waals surface area contributed by atoms with Crippen molar-refractivity contribution in [1.82, 2.24) is 4.90 Å². The summed E-state index contributed by atoms with van der Waals surface area (Å²) >= 11 is 0. The second-order valence-electron chi connectivity index (χ2n) is 6.21. The van der Waals surface area contributed by atoms with Gasteiger partial charge < -0.3 is 10.0 Å². The second-order valence-corrected chi connectivity index (χ2v) is 6.21. The van der Waals surface area contributed by atoms with Crippen molar-refractivity contribution in [3.8, 4) is 0 Å². The minimum Gasteiger partial charge on any atom is -0.396 e. The van der Waals surface area contributed by atoms with Gasteiger partial charge in [-0.05, 0) is 45.6 Å². The average Bonchev–Trinajstić information content (AvgIpc) is 3.13. The Balaban J connectivity index is 1.88. The van der Waals surface area contributed by atoms with Crippen LogP contribution in [0.25, 0.3) is 0 Å². The van der Waals surface area contributed by atoms with E-state index in [0.717, 1.165) is 12.5 Å². The van der Waals surface area contributed by atoms with E-state index in [1.54, 1.807) is 0 Å². The maximum Gasteiger partial charge on any atom is 0.0499 e. The van der Waals surface area contributed by atoms with Gasteiger partial charge in [0, 0.05) is 24.6 Å². The molecule has 2 rings (SSSR count). The SMILES string of the molecule is CC(C1CC1)N(C)CC1(CO)CCCCC1. The smallest absolute Gasteiger partial charge is 0.0499 e. The largest absolute Gasteiger partial charge is 0.396 e. The third kappa shape index (κ3) is 2.78. The van der Waals surface area contributed by atoms with Gasteiger partial charge in [-0.15, -0.1) is 0 Å². The number of nitrogens with zero attached hydrogens (tertiary/aromatic N) is 1. The molecule has 0 saturated heterocycles. The summed E-state index contributed by atoms with van der Waals surface area (Å²) in [7, 11) is 2.25. The number of aliphatic hydroxyl groups excluding tert-OH is 1. The zero-order chi connectivity index (χ0) is 11.6. The fraction of sp³-hybridized carbons (Fsp3) is 1.00. The second kappa shape index (κ2) is 5.05. The fourth-order valence-electron chi connectivity index (χ4n) is 3.28. The molecule has 2 aliphatic rings. The van der Waals surface area contributed by atoms with E-state index in [1.165, 1.54) is 44.9 Å². The van der Waals surface area contributed by atoms with Crippen LogP contribution < -0.4 is 0 Å². The highest BCUT2D eigenvalue weighted by atomic mass is 16.3. The molecule has 0 radical (unpaired) electrons. The maximum absolute atomic E-state index is 9.70. The van der Waals surface area contributed by atoms with Gasteiger partial charge in [-0.2, -0.15) is 0 Å². The Morgan fingerprint density at radius 1 is 1.25 bits per heavy atom. The molecule has 0 aromatic carbocycles. The van der Waals surface area contributed by atoms with Crippen molar-refractivity contribution in [2.75, 3.05) is 20.2 Å². The molecule has 0 heterocycles. The molecular weight excluding hydrogens is 198 g/mol. The first-order valence-corrected chi connectivity index (χ1v) is 6.98. The highest BCUT2D eigenvalue weighted by Gasteiger charge is 2.36. The van der Waals surface area contributed by atoms with Crippen LogP contribution >= 0.6 is 0 Å². The van der Waals surface area contributed by atoms with Gasteiger partial charge in [0.1, 0.15) is 0 Å². The van der Waals surface area contributed by atoms with Gasteiger partial charge in [0.15, 0.2) is 0 Å². The lowest BCUT2D eigenvalue weighted by molar-refractivity contribution is 0.0348. The molecular formula is C14H27NO. The van der Waals surface area contributed by atoms with Crippen LogP contribution in [0.2, 0.25) is 0 Å². The van der Waals surface area contributed by atoms with Crippen LogP contribution in [0.15, 0.2) is 0 Å². The maximum atomic E-state index is 9.70. The Bertz CT molecular complexity index is 219. The lowest BCUT2D eigenvalue weighted by Crippen LogP contribution is -2.44. The molecule has 2 fully saturated rings. The van der Waals surface area contributed by atoms with Crippen LogP contribution in [-0.4, -0.2) is 36.2 Å². The molecule has 2 aliphatic carbocycles. The molecule has 1 N–H and O–H groups in total. The fourth-order valence-corrected chi connectivity index (χ4v) is 3.28. The molecule has 2 nitrogen and oxygen atoms in total. The summed E-state index contributed by atoms with van der Waals surface area (Å²) in [5.74, 6) is 0.935. The highest BCUT2D eigenvalue weighted by molar-refractivity contribution is 4.89. The van der Waals surface area contributed by atoms with Crippen LogP contribution in [0.5, 0.6) is 0 Å². The molecule has 16 heavy (non-hydrogen) atoms. The van der Waals surface area contributed by atoms with Crippen LogP contribution in [0.1, 0.15) is 51.9 Å². The van der Waals surface area contributed by atoms with Gasteiger partial charge in [0.25, 0.3) is 0 Å². The van der Waals surface area contributed by atoms with E-state index in [-0.39, 0.29) is 5.41 Å². The van der Waals surface area contributed by atoms with Crippen molar-refractivity contribution in [1.29, 1.82) is 0 Å². The Kier molecular flexibility index (Phi) is 3.91. The standard InChI is InChI=1S/C14H27NO/c1-12(13-6-7-13)15(2)10-14(11-16)8-4-3-5-9-14/h12-13,16H,3-11H2,1-2H3. The topological polar surface area (TPSA) is 23.5 Å². The predicted octanol–water partition coefficient (Wildman–Crippen LogP) is 2.66. The molecule has 0 aromatic rings. The highest BCUT2D eigenvalue weighted by Crippen LogP contribution is 2.39. The number of hydrogen-bond donors (Lipinski definition) is 1. The zero-order valence-corrected chi connectivity index (χ0v) is 10.9.